The molecule has 0 aromatic heterocycles. The molecule has 21 heavy (non-hydrogen) atoms. The Labute approximate surface area is 135 Å². The predicted octanol–water partition coefficient (Wildman–Crippen LogP) is 2.93. The van der Waals surface area contributed by atoms with Crippen molar-refractivity contribution in [2.45, 2.75) is 82.3 Å². The van der Waals surface area contributed by atoms with E-state index in [0.29, 0.717) is 19.3 Å². The molecule has 0 aromatic rings. The van der Waals surface area contributed by atoms with Crippen molar-refractivity contribution in [3.05, 3.63) is 0 Å². The Hall–Kier alpha value is -0.320. The van der Waals surface area contributed by atoms with E-state index in [1.54, 1.807) is 0 Å². The Morgan fingerprint density at radius 2 is 1.62 bits per heavy atom. The van der Waals surface area contributed by atoms with Gasteiger partial charge in [0.2, 0.25) is 5.91 Å². The number of rotatable bonds is 5. The number of ether oxygens (including phenoxy) is 1. The van der Waals surface area contributed by atoms with Crippen LogP contribution in [0.4, 0.5) is 0 Å². The van der Waals surface area contributed by atoms with Gasteiger partial charge in [0.15, 0.2) is 0 Å². The fourth-order valence-electron chi connectivity index (χ4n) is 3.38. The first-order valence-electron chi connectivity index (χ1n) is 8.39. The molecule has 0 heterocycles. The first-order valence-corrected chi connectivity index (χ1v) is 8.39. The molecular formula is C16H31ClN2O2. The summed E-state index contributed by atoms with van der Waals surface area (Å²) < 4.78 is 5.88. The van der Waals surface area contributed by atoms with Gasteiger partial charge in [0, 0.05) is 6.54 Å². The van der Waals surface area contributed by atoms with Gasteiger partial charge in [-0.25, -0.2) is 0 Å². The molecule has 0 bridgehead atoms. The maximum absolute atomic E-state index is 12.1. The molecule has 0 atom stereocenters. The molecule has 5 heteroatoms. The Balaban J connectivity index is 0.00000220. The molecule has 0 spiro atoms. The van der Waals surface area contributed by atoms with Crippen LogP contribution >= 0.6 is 12.4 Å². The standard InChI is InChI=1S/C16H30N2O2.ClH/c17-16(10-6-3-7-11-16)15(19)18-12-13-20-14-8-4-1-2-5-9-14;/h14H,1-13,17H2,(H,18,19);1H. The minimum absolute atomic E-state index is 0. The third-order valence-corrected chi connectivity index (χ3v) is 4.74. The molecule has 2 aliphatic carbocycles. The van der Waals surface area contributed by atoms with E-state index in [9.17, 15) is 4.79 Å². The lowest BCUT2D eigenvalue weighted by Gasteiger charge is -2.31. The van der Waals surface area contributed by atoms with Crippen molar-refractivity contribution < 1.29 is 9.53 Å². The molecule has 2 fully saturated rings. The third-order valence-electron chi connectivity index (χ3n) is 4.74. The number of amides is 1. The van der Waals surface area contributed by atoms with E-state index in [1.165, 1.54) is 44.9 Å². The van der Waals surface area contributed by atoms with Gasteiger partial charge >= 0.3 is 0 Å². The number of halogens is 1. The molecule has 3 N–H and O–H groups in total. The van der Waals surface area contributed by atoms with E-state index in [2.05, 4.69) is 5.32 Å². The highest BCUT2D eigenvalue weighted by atomic mass is 35.5. The second-order valence-electron chi connectivity index (χ2n) is 6.46. The fraction of sp³-hybridized carbons (Fsp3) is 0.938. The molecule has 0 radical (unpaired) electrons. The van der Waals surface area contributed by atoms with Gasteiger partial charge in [0.1, 0.15) is 0 Å². The number of nitrogens with two attached hydrogens (primary N) is 1. The maximum atomic E-state index is 12.1. The van der Waals surface area contributed by atoms with Gasteiger partial charge in [-0.3, -0.25) is 4.79 Å². The quantitative estimate of drug-likeness (QED) is 0.605. The van der Waals surface area contributed by atoms with Crippen molar-refractivity contribution in [2.24, 2.45) is 5.73 Å². The minimum Gasteiger partial charge on any atom is -0.376 e. The van der Waals surface area contributed by atoms with Crippen molar-refractivity contribution in [2.75, 3.05) is 13.2 Å². The zero-order chi connectivity index (χ0) is 14.3. The van der Waals surface area contributed by atoms with Gasteiger partial charge in [-0.2, -0.15) is 0 Å². The van der Waals surface area contributed by atoms with E-state index < -0.39 is 5.54 Å². The van der Waals surface area contributed by atoms with E-state index in [0.717, 1.165) is 25.7 Å². The highest BCUT2D eigenvalue weighted by Gasteiger charge is 2.34. The Kier molecular flexibility index (Phi) is 8.60. The zero-order valence-corrected chi connectivity index (χ0v) is 13.9. The lowest BCUT2D eigenvalue weighted by Crippen LogP contribution is -2.55. The average molecular weight is 319 g/mol. The highest BCUT2D eigenvalue weighted by molar-refractivity contribution is 5.86. The highest BCUT2D eigenvalue weighted by Crippen LogP contribution is 2.25. The largest absolute Gasteiger partial charge is 0.376 e. The monoisotopic (exact) mass is 318 g/mol. The summed E-state index contributed by atoms with van der Waals surface area (Å²) >= 11 is 0. The summed E-state index contributed by atoms with van der Waals surface area (Å²) in [6.07, 6.45) is 13.0. The van der Waals surface area contributed by atoms with Gasteiger partial charge in [0.05, 0.1) is 18.2 Å². The molecule has 0 aromatic carbocycles. The van der Waals surface area contributed by atoms with E-state index in [-0.39, 0.29) is 18.3 Å². The number of nitrogens with one attached hydrogen (secondary N) is 1. The van der Waals surface area contributed by atoms with Crippen molar-refractivity contribution in [3.8, 4) is 0 Å². The summed E-state index contributed by atoms with van der Waals surface area (Å²) in [7, 11) is 0. The van der Waals surface area contributed by atoms with Gasteiger partial charge in [0.25, 0.3) is 0 Å². The first-order chi connectivity index (χ1) is 9.71. The molecule has 0 saturated heterocycles. The van der Waals surface area contributed by atoms with Crippen molar-refractivity contribution >= 4 is 18.3 Å². The second kappa shape index (κ2) is 9.65. The van der Waals surface area contributed by atoms with Crippen molar-refractivity contribution in [3.63, 3.8) is 0 Å². The Morgan fingerprint density at radius 3 is 2.24 bits per heavy atom. The number of carbonyl (C=O) groups excluding carboxylic acids is 1. The fourth-order valence-corrected chi connectivity index (χ4v) is 3.38. The molecule has 2 aliphatic rings. The Morgan fingerprint density at radius 1 is 1.05 bits per heavy atom. The van der Waals surface area contributed by atoms with Crippen molar-refractivity contribution in [1.29, 1.82) is 0 Å². The number of hydrogen-bond acceptors (Lipinski definition) is 3. The van der Waals surface area contributed by atoms with Gasteiger partial charge < -0.3 is 15.8 Å². The molecule has 0 unspecified atom stereocenters. The summed E-state index contributed by atoms with van der Waals surface area (Å²) in [6.45, 7) is 1.21. The maximum Gasteiger partial charge on any atom is 0.240 e. The van der Waals surface area contributed by atoms with Crippen LogP contribution in [0.25, 0.3) is 0 Å². The Bertz CT molecular complexity index is 299. The van der Waals surface area contributed by atoms with Crippen LogP contribution in [0.5, 0.6) is 0 Å². The molecule has 124 valence electrons. The van der Waals surface area contributed by atoms with Crippen LogP contribution in [0, 0.1) is 0 Å². The third kappa shape index (κ3) is 6.13. The van der Waals surface area contributed by atoms with Gasteiger partial charge in [-0.1, -0.05) is 44.9 Å². The summed E-state index contributed by atoms with van der Waals surface area (Å²) in [6, 6.07) is 0. The summed E-state index contributed by atoms with van der Waals surface area (Å²) in [5, 5.41) is 2.96. The normalized spacial score (nSPS) is 22.9. The molecule has 4 nitrogen and oxygen atoms in total. The molecule has 1 amide bonds. The van der Waals surface area contributed by atoms with Crippen LogP contribution in [0.3, 0.4) is 0 Å². The summed E-state index contributed by atoms with van der Waals surface area (Å²) in [5.41, 5.74) is 5.57. The van der Waals surface area contributed by atoms with Gasteiger partial charge in [-0.05, 0) is 25.7 Å². The molecule has 2 rings (SSSR count). The summed E-state index contributed by atoms with van der Waals surface area (Å²) in [5.74, 6) is 0.0154. The molecule has 2 saturated carbocycles. The van der Waals surface area contributed by atoms with E-state index in [1.807, 2.05) is 0 Å². The van der Waals surface area contributed by atoms with E-state index in [4.69, 9.17) is 10.5 Å². The summed E-state index contributed by atoms with van der Waals surface area (Å²) in [4.78, 5) is 12.1. The number of carbonyl (C=O) groups is 1. The van der Waals surface area contributed by atoms with Crippen molar-refractivity contribution in [1.82, 2.24) is 5.32 Å². The topological polar surface area (TPSA) is 64.4 Å². The smallest absolute Gasteiger partial charge is 0.240 e. The lowest BCUT2D eigenvalue weighted by atomic mass is 9.82. The van der Waals surface area contributed by atoms with Crippen LogP contribution < -0.4 is 11.1 Å². The minimum atomic E-state index is -0.624. The predicted molar refractivity (Wildman–Crippen MR) is 87.7 cm³/mol. The first kappa shape index (κ1) is 18.7. The van der Waals surface area contributed by atoms with Crippen LogP contribution in [0.2, 0.25) is 0 Å². The SMILES string of the molecule is Cl.NC1(C(=O)NCCOC2CCCCCC2)CCCCC1. The molecular weight excluding hydrogens is 288 g/mol. The number of hydrogen-bond donors (Lipinski definition) is 2. The average Bonchev–Trinajstić information content (AvgIpc) is 2.73. The second-order valence-corrected chi connectivity index (χ2v) is 6.46. The zero-order valence-electron chi connectivity index (χ0n) is 13.1. The lowest BCUT2D eigenvalue weighted by molar-refractivity contribution is -0.127. The van der Waals surface area contributed by atoms with Crippen LogP contribution in [-0.4, -0.2) is 30.7 Å². The van der Waals surface area contributed by atoms with E-state index >= 15 is 0 Å². The van der Waals surface area contributed by atoms with Crippen LogP contribution in [-0.2, 0) is 9.53 Å². The molecule has 0 aliphatic heterocycles. The van der Waals surface area contributed by atoms with Crippen LogP contribution in [0.1, 0.15) is 70.6 Å². The van der Waals surface area contributed by atoms with Crippen LogP contribution in [0.15, 0.2) is 0 Å². The van der Waals surface area contributed by atoms with Gasteiger partial charge in [-0.15, -0.1) is 12.4 Å².